The highest BCUT2D eigenvalue weighted by molar-refractivity contribution is 14.1. The van der Waals surface area contributed by atoms with E-state index in [2.05, 4.69) is 11.8 Å². The molecule has 2 aromatic carbocycles. The van der Waals surface area contributed by atoms with Gasteiger partial charge in [-0.05, 0) is 97.0 Å². The van der Waals surface area contributed by atoms with Crippen LogP contribution >= 0.6 is 22.6 Å². The van der Waals surface area contributed by atoms with Gasteiger partial charge in [0.2, 0.25) is 0 Å². The van der Waals surface area contributed by atoms with Gasteiger partial charge in [-0.1, -0.05) is 19.1 Å². The van der Waals surface area contributed by atoms with E-state index in [0.717, 1.165) is 38.1 Å². The molecule has 0 bridgehead atoms. The van der Waals surface area contributed by atoms with E-state index in [1.54, 1.807) is 6.92 Å². The van der Waals surface area contributed by atoms with Gasteiger partial charge < -0.3 is 14.4 Å². The van der Waals surface area contributed by atoms with Crippen molar-refractivity contribution >= 4 is 28.5 Å². The first-order valence-electron chi connectivity index (χ1n) is 12.9. The Hall–Kier alpha value is -1.92. The van der Waals surface area contributed by atoms with Crippen molar-refractivity contribution in [1.82, 2.24) is 9.80 Å². The molecule has 0 saturated carbocycles. The van der Waals surface area contributed by atoms with E-state index in [-0.39, 0.29) is 31.0 Å². The number of ether oxygens (including phenoxy) is 2. The number of benzene rings is 2. The molecule has 3 aliphatic heterocycles. The molecule has 3 aliphatic rings. The van der Waals surface area contributed by atoms with E-state index in [4.69, 9.17) is 9.47 Å². The van der Waals surface area contributed by atoms with Gasteiger partial charge in [-0.15, -0.1) is 0 Å². The number of nitrogens with zero attached hydrogens (tertiary/aromatic N) is 2. The number of fused-ring (bicyclic) bond motifs is 1. The lowest BCUT2D eigenvalue weighted by Gasteiger charge is -2.46. The fraction of sp³-hybridized carbons (Fsp3) is 0.536. The quantitative estimate of drug-likeness (QED) is 0.295. The van der Waals surface area contributed by atoms with Crippen molar-refractivity contribution in [1.29, 1.82) is 0 Å². The van der Waals surface area contributed by atoms with Crippen molar-refractivity contribution in [3.63, 3.8) is 0 Å². The first kappa shape index (κ1) is 27.6. The molecule has 2 aromatic rings. The maximum Gasteiger partial charge on any atom is 0.416 e. The maximum absolute atomic E-state index is 13.5. The van der Waals surface area contributed by atoms with E-state index in [0.29, 0.717) is 39.7 Å². The van der Waals surface area contributed by atoms with Gasteiger partial charge in [-0.2, -0.15) is 13.2 Å². The monoisotopic (exact) mass is 646 g/mol. The van der Waals surface area contributed by atoms with E-state index in [1.807, 2.05) is 34.7 Å². The Bertz CT molecular complexity index is 1180. The number of alkyl halides is 3. The number of halogens is 5. The average Bonchev–Trinajstić information content (AvgIpc) is 2.88. The normalized spacial score (nSPS) is 28.5. The number of carbonyl (C=O) groups excluding carboxylic acids is 1. The molecule has 10 heteroatoms. The lowest BCUT2D eigenvalue weighted by Crippen LogP contribution is -2.57. The Morgan fingerprint density at radius 3 is 2.53 bits per heavy atom. The van der Waals surface area contributed by atoms with Crippen LogP contribution < -0.4 is 4.74 Å². The lowest BCUT2D eigenvalue weighted by molar-refractivity contribution is -0.172. The van der Waals surface area contributed by atoms with Gasteiger partial charge in [0.25, 0.3) is 5.91 Å². The van der Waals surface area contributed by atoms with Gasteiger partial charge in [-0.3, -0.25) is 9.69 Å². The van der Waals surface area contributed by atoms with Crippen LogP contribution in [0.2, 0.25) is 0 Å². The maximum atomic E-state index is 13.5. The van der Waals surface area contributed by atoms with E-state index >= 15 is 0 Å². The number of piperidine rings is 1. The minimum Gasteiger partial charge on any atom is -0.472 e. The molecule has 4 atom stereocenters. The molecule has 3 heterocycles. The largest absolute Gasteiger partial charge is 0.472 e. The Morgan fingerprint density at radius 1 is 1.16 bits per heavy atom. The summed E-state index contributed by atoms with van der Waals surface area (Å²) in [6.07, 6.45) is -2.19. The number of hydrogen-bond donors (Lipinski definition) is 0. The zero-order chi connectivity index (χ0) is 27.2. The molecular weight excluding hydrogens is 615 g/mol. The van der Waals surface area contributed by atoms with Gasteiger partial charge in [0.05, 0.1) is 22.3 Å². The van der Waals surface area contributed by atoms with Crippen molar-refractivity contribution in [2.24, 2.45) is 5.92 Å². The molecule has 0 unspecified atom stereocenters. The molecule has 5 rings (SSSR count). The molecular formula is C28H31F4IN2O3. The number of rotatable bonds is 3. The second kappa shape index (κ2) is 10.6. The summed E-state index contributed by atoms with van der Waals surface area (Å²) in [6.45, 7) is 6.23. The molecule has 0 aromatic heterocycles. The number of carbonyl (C=O) groups is 1. The molecule has 2 saturated heterocycles. The van der Waals surface area contributed by atoms with Crippen LogP contribution in [0.1, 0.15) is 55.7 Å². The molecule has 206 valence electrons. The molecule has 1 amide bonds. The Labute approximate surface area is 233 Å². The van der Waals surface area contributed by atoms with Crippen LogP contribution in [0.15, 0.2) is 36.4 Å². The summed E-state index contributed by atoms with van der Waals surface area (Å²) in [5.74, 6) is 0.690. The van der Waals surface area contributed by atoms with Gasteiger partial charge in [0.15, 0.2) is 6.73 Å². The molecule has 2 fully saturated rings. The van der Waals surface area contributed by atoms with Crippen LogP contribution in [0.4, 0.5) is 17.6 Å². The zero-order valence-corrected chi connectivity index (χ0v) is 23.5. The fourth-order valence-corrected chi connectivity index (χ4v) is 6.84. The van der Waals surface area contributed by atoms with Crippen LogP contribution in [0.3, 0.4) is 0 Å². The summed E-state index contributed by atoms with van der Waals surface area (Å²) in [7, 11) is 0. The third-order valence-electron chi connectivity index (χ3n) is 8.21. The van der Waals surface area contributed by atoms with Crippen LogP contribution in [0.25, 0.3) is 0 Å². The molecule has 0 radical (unpaired) electrons. The molecule has 0 spiro atoms. The number of likely N-dealkylation sites (tertiary alicyclic amines) is 1. The van der Waals surface area contributed by atoms with Crippen molar-refractivity contribution in [3.05, 3.63) is 62.5 Å². The fourth-order valence-electron chi connectivity index (χ4n) is 6.00. The van der Waals surface area contributed by atoms with Gasteiger partial charge in [0.1, 0.15) is 17.2 Å². The van der Waals surface area contributed by atoms with Crippen LogP contribution in [0, 0.1) is 15.3 Å². The van der Waals surface area contributed by atoms with Crippen molar-refractivity contribution < 1.29 is 31.8 Å². The first-order chi connectivity index (χ1) is 17.9. The highest BCUT2D eigenvalue weighted by Crippen LogP contribution is 2.40. The first-order valence-corrected chi connectivity index (χ1v) is 14.0. The Morgan fingerprint density at radius 2 is 1.89 bits per heavy atom. The zero-order valence-electron chi connectivity index (χ0n) is 21.4. The summed E-state index contributed by atoms with van der Waals surface area (Å²) in [6, 6.07) is 9.11. The van der Waals surface area contributed by atoms with Gasteiger partial charge >= 0.3 is 6.18 Å². The minimum absolute atomic E-state index is 0.0238. The Kier molecular flexibility index (Phi) is 7.69. The summed E-state index contributed by atoms with van der Waals surface area (Å²) in [4.78, 5) is 17.3. The molecule has 0 N–H and O–H groups in total. The Balaban J connectivity index is 1.19. The molecule has 5 nitrogen and oxygen atoms in total. The van der Waals surface area contributed by atoms with E-state index in [1.165, 1.54) is 22.6 Å². The van der Waals surface area contributed by atoms with Crippen molar-refractivity contribution in [2.45, 2.75) is 63.4 Å². The number of amides is 1. The smallest absolute Gasteiger partial charge is 0.416 e. The highest BCUT2D eigenvalue weighted by Gasteiger charge is 2.44. The predicted molar refractivity (Wildman–Crippen MR) is 142 cm³/mol. The summed E-state index contributed by atoms with van der Waals surface area (Å²) >= 11 is 1.84. The highest BCUT2D eigenvalue weighted by atomic mass is 127. The predicted octanol–water partition coefficient (Wildman–Crippen LogP) is 6.19. The van der Waals surface area contributed by atoms with Crippen molar-refractivity contribution in [3.8, 4) is 5.75 Å². The summed E-state index contributed by atoms with van der Waals surface area (Å²) < 4.78 is 65.6. The van der Waals surface area contributed by atoms with E-state index in [9.17, 15) is 22.4 Å². The minimum atomic E-state index is -4.47. The SMILES string of the molecule is C[C@@H]1CN([C@@H]2CC[C@](C)(C(=O)N3COc4c(I)cc(C(F)(F)F)cc4C3)OC2)CC[C@H]1c1ccc(F)cc1. The second-order valence-electron chi connectivity index (χ2n) is 10.9. The standard InChI is InChI=1S/C28H31F4IN2O3/c1-17-13-34(10-8-23(17)18-3-5-21(29)6-4-18)22-7-9-27(2,38-15-22)26(36)35-14-19-11-20(28(30,31)32)12-24(33)25(19)37-16-35/h3-6,11-12,17,22-23H,7-10,13-16H2,1-2H3/t17-,22-,23-,27-/m1/s1. The third-order valence-corrected chi connectivity index (χ3v) is 9.01. The molecule has 0 aliphatic carbocycles. The topological polar surface area (TPSA) is 42.0 Å². The van der Waals surface area contributed by atoms with Crippen LogP contribution in [0.5, 0.6) is 5.75 Å². The van der Waals surface area contributed by atoms with Gasteiger partial charge in [0, 0.05) is 18.2 Å². The summed E-state index contributed by atoms with van der Waals surface area (Å²) in [5.41, 5.74) is -0.290. The van der Waals surface area contributed by atoms with Gasteiger partial charge in [-0.25, -0.2) is 4.39 Å². The third kappa shape index (κ3) is 5.54. The second-order valence-corrected chi connectivity index (χ2v) is 12.0. The van der Waals surface area contributed by atoms with Crippen LogP contribution in [-0.4, -0.2) is 53.8 Å². The molecule has 38 heavy (non-hydrogen) atoms. The average molecular weight is 646 g/mol. The van der Waals surface area contributed by atoms with E-state index < -0.39 is 17.3 Å². The summed E-state index contributed by atoms with van der Waals surface area (Å²) in [5, 5.41) is 0. The number of hydrogen-bond acceptors (Lipinski definition) is 4. The van der Waals surface area contributed by atoms with Crippen molar-refractivity contribution in [2.75, 3.05) is 26.4 Å². The lowest BCUT2D eigenvalue weighted by atomic mass is 9.80. The van der Waals surface area contributed by atoms with Crippen LogP contribution in [-0.2, 0) is 22.3 Å².